The molecule has 0 aromatic carbocycles. The fraction of sp³-hybridized carbons (Fsp3) is 0.769. The van der Waals surface area contributed by atoms with Gasteiger partial charge in [0.1, 0.15) is 12.2 Å². The third-order valence-corrected chi connectivity index (χ3v) is 3.66. The molecule has 1 aromatic heterocycles. The van der Waals surface area contributed by atoms with Crippen LogP contribution in [0.25, 0.3) is 0 Å². The van der Waals surface area contributed by atoms with Gasteiger partial charge in [-0.05, 0) is 26.7 Å². The summed E-state index contributed by atoms with van der Waals surface area (Å²) in [7, 11) is 0. The maximum atomic E-state index is 11.0. The van der Waals surface area contributed by atoms with Gasteiger partial charge in [0, 0.05) is 12.1 Å². The number of rotatable bonds is 6. The maximum Gasteiger partial charge on any atom is 0.317 e. The van der Waals surface area contributed by atoms with Gasteiger partial charge < -0.3 is 5.11 Å². The van der Waals surface area contributed by atoms with Gasteiger partial charge in [-0.2, -0.15) is 5.10 Å². The highest BCUT2D eigenvalue weighted by Crippen LogP contribution is 2.24. The van der Waals surface area contributed by atoms with Crippen LogP contribution >= 0.6 is 0 Å². The van der Waals surface area contributed by atoms with Gasteiger partial charge in [0.05, 0.1) is 13.1 Å². The van der Waals surface area contributed by atoms with Crippen molar-refractivity contribution in [2.45, 2.75) is 58.2 Å². The van der Waals surface area contributed by atoms with Gasteiger partial charge in [-0.15, -0.1) is 0 Å². The molecule has 6 nitrogen and oxygen atoms in total. The summed E-state index contributed by atoms with van der Waals surface area (Å²) >= 11 is 0. The zero-order chi connectivity index (χ0) is 13.8. The van der Waals surface area contributed by atoms with Crippen LogP contribution in [0.4, 0.5) is 0 Å². The number of hydrogen-bond acceptors (Lipinski definition) is 4. The second-order valence-corrected chi connectivity index (χ2v) is 5.45. The second-order valence-electron chi connectivity index (χ2n) is 5.45. The Balaban J connectivity index is 2.10. The first-order chi connectivity index (χ1) is 9.08. The number of carbonyl (C=O) groups is 1. The van der Waals surface area contributed by atoms with Crippen molar-refractivity contribution in [2.24, 2.45) is 0 Å². The molecule has 6 heteroatoms. The van der Waals surface area contributed by atoms with Crippen LogP contribution in [0.15, 0.2) is 6.33 Å². The Hall–Kier alpha value is -1.43. The highest BCUT2D eigenvalue weighted by Gasteiger charge is 2.26. The molecular formula is C13H22N4O2. The van der Waals surface area contributed by atoms with Gasteiger partial charge in [0.25, 0.3) is 0 Å². The normalized spacial score (nSPS) is 16.6. The zero-order valence-corrected chi connectivity index (χ0v) is 11.6. The van der Waals surface area contributed by atoms with Crippen LogP contribution < -0.4 is 0 Å². The van der Waals surface area contributed by atoms with Gasteiger partial charge in [-0.25, -0.2) is 9.67 Å². The van der Waals surface area contributed by atoms with Crippen molar-refractivity contribution in [3.8, 4) is 0 Å². The molecule has 1 heterocycles. The lowest BCUT2D eigenvalue weighted by molar-refractivity contribution is -0.139. The van der Waals surface area contributed by atoms with Crippen molar-refractivity contribution >= 4 is 5.97 Å². The Bertz CT molecular complexity index is 424. The monoisotopic (exact) mass is 266 g/mol. The van der Waals surface area contributed by atoms with E-state index in [2.05, 4.69) is 23.9 Å². The molecule has 1 fully saturated rings. The molecule has 1 saturated carbocycles. The third kappa shape index (κ3) is 3.53. The molecule has 1 aliphatic carbocycles. The average Bonchev–Trinajstić information content (AvgIpc) is 2.98. The quantitative estimate of drug-likeness (QED) is 0.848. The third-order valence-electron chi connectivity index (χ3n) is 3.66. The zero-order valence-electron chi connectivity index (χ0n) is 11.6. The van der Waals surface area contributed by atoms with Crippen LogP contribution in [0.1, 0.15) is 51.4 Å². The molecule has 0 radical (unpaired) electrons. The Labute approximate surface area is 113 Å². The van der Waals surface area contributed by atoms with Crippen molar-refractivity contribution in [3.63, 3.8) is 0 Å². The molecule has 0 aliphatic heterocycles. The van der Waals surface area contributed by atoms with Crippen LogP contribution in [-0.2, 0) is 11.3 Å². The smallest absolute Gasteiger partial charge is 0.317 e. The van der Waals surface area contributed by atoms with E-state index in [1.54, 1.807) is 6.33 Å². The molecule has 0 saturated heterocycles. The summed E-state index contributed by atoms with van der Waals surface area (Å²) in [6, 6.07) is 0.612. The van der Waals surface area contributed by atoms with Gasteiger partial charge in [-0.3, -0.25) is 9.69 Å². The highest BCUT2D eigenvalue weighted by molar-refractivity contribution is 5.69. The lowest BCUT2D eigenvalue weighted by Crippen LogP contribution is -2.38. The fourth-order valence-electron chi connectivity index (χ4n) is 2.76. The van der Waals surface area contributed by atoms with E-state index in [4.69, 9.17) is 5.11 Å². The summed E-state index contributed by atoms with van der Waals surface area (Å²) in [5.74, 6) is 0.0747. The first-order valence-corrected chi connectivity index (χ1v) is 6.92. The molecule has 106 valence electrons. The standard InChI is InChI=1S/C13H22N4O2/c1-10(2)17-12(14-9-15-17)7-16(8-13(18)19)11-5-3-4-6-11/h9-11H,3-8H2,1-2H3,(H,18,19). The summed E-state index contributed by atoms with van der Waals surface area (Å²) in [6.07, 6.45) is 6.10. The molecule has 0 atom stereocenters. The van der Waals surface area contributed by atoms with Crippen LogP contribution in [0.3, 0.4) is 0 Å². The highest BCUT2D eigenvalue weighted by atomic mass is 16.4. The SMILES string of the molecule is CC(C)n1ncnc1CN(CC(=O)O)C1CCCC1. The number of carboxylic acid groups (broad SMARTS) is 1. The molecular weight excluding hydrogens is 244 g/mol. The van der Waals surface area contributed by atoms with E-state index >= 15 is 0 Å². The van der Waals surface area contributed by atoms with E-state index < -0.39 is 5.97 Å². The van der Waals surface area contributed by atoms with Crippen molar-refractivity contribution in [2.75, 3.05) is 6.54 Å². The van der Waals surface area contributed by atoms with Crippen molar-refractivity contribution in [1.29, 1.82) is 0 Å². The second kappa shape index (κ2) is 6.14. The molecule has 1 N–H and O–H groups in total. The molecule has 0 unspecified atom stereocenters. The van der Waals surface area contributed by atoms with Gasteiger partial charge in [0.2, 0.25) is 0 Å². The number of aliphatic carboxylic acids is 1. The van der Waals surface area contributed by atoms with Gasteiger partial charge in [-0.1, -0.05) is 12.8 Å². The Morgan fingerprint density at radius 3 is 2.79 bits per heavy atom. The summed E-state index contributed by atoms with van der Waals surface area (Å²) in [4.78, 5) is 17.3. The van der Waals surface area contributed by atoms with Crippen molar-refractivity contribution in [1.82, 2.24) is 19.7 Å². The maximum absolute atomic E-state index is 11.0. The largest absolute Gasteiger partial charge is 0.480 e. The minimum Gasteiger partial charge on any atom is -0.480 e. The van der Waals surface area contributed by atoms with E-state index in [1.807, 2.05) is 9.58 Å². The summed E-state index contributed by atoms with van der Waals surface area (Å²) in [5.41, 5.74) is 0. The predicted octanol–water partition coefficient (Wildman–Crippen LogP) is 1.69. The van der Waals surface area contributed by atoms with Crippen molar-refractivity contribution < 1.29 is 9.90 Å². The molecule has 0 amide bonds. The van der Waals surface area contributed by atoms with E-state index in [-0.39, 0.29) is 12.6 Å². The molecule has 1 aromatic rings. The van der Waals surface area contributed by atoms with Crippen LogP contribution in [-0.4, -0.2) is 43.3 Å². The van der Waals surface area contributed by atoms with E-state index in [1.165, 1.54) is 12.8 Å². The molecule has 19 heavy (non-hydrogen) atoms. The number of nitrogens with zero attached hydrogens (tertiary/aromatic N) is 4. The van der Waals surface area contributed by atoms with Gasteiger partial charge in [0.15, 0.2) is 0 Å². The van der Waals surface area contributed by atoms with Crippen LogP contribution in [0.5, 0.6) is 0 Å². The summed E-state index contributed by atoms with van der Waals surface area (Å²) < 4.78 is 1.86. The Morgan fingerprint density at radius 1 is 1.53 bits per heavy atom. The lowest BCUT2D eigenvalue weighted by atomic mass is 10.2. The van der Waals surface area contributed by atoms with E-state index in [9.17, 15) is 4.79 Å². The lowest BCUT2D eigenvalue weighted by Gasteiger charge is -2.27. The average molecular weight is 266 g/mol. The predicted molar refractivity (Wildman–Crippen MR) is 70.7 cm³/mol. The Kier molecular flexibility index (Phi) is 4.52. The number of aromatic nitrogens is 3. The summed E-state index contributed by atoms with van der Waals surface area (Å²) in [5, 5.41) is 13.3. The summed E-state index contributed by atoms with van der Waals surface area (Å²) in [6.45, 7) is 4.75. The van der Waals surface area contributed by atoms with E-state index in [0.717, 1.165) is 18.7 Å². The van der Waals surface area contributed by atoms with Gasteiger partial charge >= 0.3 is 5.97 Å². The molecule has 0 bridgehead atoms. The van der Waals surface area contributed by atoms with E-state index in [0.29, 0.717) is 12.6 Å². The fourth-order valence-corrected chi connectivity index (χ4v) is 2.76. The topological polar surface area (TPSA) is 71.2 Å². The minimum absolute atomic E-state index is 0.0790. The molecule has 0 spiro atoms. The number of carboxylic acids is 1. The van der Waals surface area contributed by atoms with Crippen LogP contribution in [0.2, 0.25) is 0 Å². The van der Waals surface area contributed by atoms with Crippen molar-refractivity contribution in [3.05, 3.63) is 12.2 Å². The van der Waals surface area contributed by atoms with Crippen LogP contribution in [0, 0.1) is 0 Å². The molecule has 2 rings (SSSR count). The first kappa shape index (κ1) is 14.0. The first-order valence-electron chi connectivity index (χ1n) is 6.92. The molecule has 1 aliphatic rings. The Morgan fingerprint density at radius 2 is 2.21 bits per heavy atom. The number of hydrogen-bond donors (Lipinski definition) is 1. The minimum atomic E-state index is -0.775.